The molecule has 6 heteroatoms. The highest BCUT2D eigenvalue weighted by Crippen LogP contribution is 2.29. The van der Waals surface area contributed by atoms with Crippen molar-refractivity contribution in [2.75, 3.05) is 24.6 Å². The zero-order chi connectivity index (χ0) is 13.0. The molecular formula is C12H13Cl2NS3. The molecule has 1 nitrogen and oxygen atoms in total. The van der Waals surface area contributed by atoms with Crippen molar-refractivity contribution in [2.45, 2.75) is 5.75 Å². The van der Waals surface area contributed by atoms with Crippen LogP contribution in [0.25, 0.3) is 0 Å². The molecule has 1 fully saturated rings. The van der Waals surface area contributed by atoms with Gasteiger partial charge in [-0.2, -0.15) is 11.8 Å². The van der Waals surface area contributed by atoms with Crippen LogP contribution in [0, 0.1) is 0 Å². The maximum absolute atomic E-state index is 6.14. The lowest BCUT2D eigenvalue weighted by Gasteiger charge is -2.28. The standard InChI is InChI=1S/C12H13Cl2NS3/c13-10-2-1-3-11(14)9(10)8-18-12(16)15-4-6-17-7-5-15/h1-3H,4-8H2. The Balaban J connectivity index is 1.92. The van der Waals surface area contributed by atoms with Crippen LogP contribution >= 0.6 is 58.9 Å². The van der Waals surface area contributed by atoms with Gasteiger partial charge in [-0.25, -0.2) is 0 Å². The molecule has 0 N–H and O–H groups in total. The number of benzene rings is 1. The summed E-state index contributed by atoms with van der Waals surface area (Å²) in [7, 11) is 0. The van der Waals surface area contributed by atoms with Gasteiger partial charge in [-0.15, -0.1) is 0 Å². The topological polar surface area (TPSA) is 3.24 Å². The van der Waals surface area contributed by atoms with Gasteiger partial charge in [-0.3, -0.25) is 0 Å². The first-order valence-corrected chi connectivity index (χ1v) is 8.91. The van der Waals surface area contributed by atoms with Gasteiger partial charge in [0.05, 0.1) is 0 Å². The highest BCUT2D eigenvalue weighted by Gasteiger charge is 2.15. The molecular weight excluding hydrogens is 325 g/mol. The smallest absolute Gasteiger partial charge is 0.136 e. The van der Waals surface area contributed by atoms with E-state index in [1.54, 1.807) is 11.8 Å². The van der Waals surface area contributed by atoms with Crippen molar-refractivity contribution in [3.8, 4) is 0 Å². The summed E-state index contributed by atoms with van der Waals surface area (Å²) in [5, 5.41) is 1.43. The van der Waals surface area contributed by atoms with E-state index >= 15 is 0 Å². The predicted octanol–water partition coefficient (Wildman–Crippen LogP) is 4.56. The van der Waals surface area contributed by atoms with Crippen molar-refractivity contribution in [3.63, 3.8) is 0 Å². The molecule has 0 atom stereocenters. The normalized spacial score (nSPS) is 15.8. The second-order valence-corrected chi connectivity index (χ2v) is 7.50. The van der Waals surface area contributed by atoms with Crippen LogP contribution < -0.4 is 0 Å². The molecule has 1 heterocycles. The van der Waals surface area contributed by atoms with Gasteiger partial charge in [0, 0.05) is 40.4 Å². The van der Waals surface area contributed by atoms with Gasteiger partial charge in [-0.1, -0.05) is 53.2 Å². The Labute approximate surface area is 132 Å². The molecule has 1 aromatic rings. The average Bonchev–Trinajstić information content (AvgIpc) is 2.39. The lowest BCUT2D eigenvalue weighted by molar-refractivity contribution is 0.479. The van der Waals surface area contributed by atoms with E-state index in [2.05, 4.69) is 4.90 Å². The van der Waals surface area contributed by atoms with Crippen molar-refractivity contribution < 1.29 is 0 Å². The first-order chi connectivity index (χ1) is 8.68. The van der Waals surface area contributed by atoms with Gasteiger partial charge in [0.1, 0.15) is 4.32 Å². The molecule has 0 aromatic heterocycles. The third kappa shape index (κ3) is 3.94. The zero-order valence-electron chi connectivity index (χ0n) is 9.70. The molecule has 1 saturated heterocycles. The minimum Gasteiger partial charge on any atom is -0.356 e. The van der Waals surface area contributed by atoms with Crippen LogP contribution in [0.2, 0.25) is 10.0 Å². The molecule has 1 aliphatic rings. The third-order valence-corrected chi connectivity index (χ3v) is 5.87. The fourth-order valence-corrected chi connectivity index (χ4v) is 4.54. The van der Waals surface area contributed by atoms with Crippen molar-refractivity contribution >= 4 is 63.3 Å². The number of thiocarbonyl (C=S) groups is 1. The minimum atomic E-state index is 0.715. The first kappa shape index (κ1) is 14.8. The van der Waals surface area contributed by atoms with Crippen LogP contribution in [-0.4, -0.2) is 33.8 Å². The quantitative estimate of drug-likeness (QED) is 0.727. The van der Waals surface area contributed by atoms with Crippen LogP contribution in [0.5, 0.6) is 0 Å². The summed E-state index contributed by atoms with van der Waals surface area (Å²) in [6.07, 6.45) is 0. The van der Waals surface area contributed by atoms with E-state index in [4.69, 9.17) is 35.4 Å². The van der Waals surface area contributed by atoms with E-state index in [1.165, 1.54) is 0 Å². The van der Waals surface area contributed by atoms with Crippen LogP contribution in [-0.2, 0) is 5.75 Å². The minimum absolute atomic E-state index is 0.715. The van der Waals surface area contributed by atoms with E-state index in [1.807, 2.05) is 30.0 Å². The second-order valence-electron chi connectivity index (χ2n) is 3.85. The highest BCUT2D eigenvalue weighted by atomic mass is 35.5. The molecule has 1 aliphatic heterocycles. The molecule has 0 spiro atoms. The molecule has 0 unspecified atom stereocenters. The van der Waals surface area contributed by atoms with Gasteiger partial charge in [0.25, 0.3) is 0 Å². The van der Waals surface area contributed by atoms with Crippen LogP contribution in [0.3, 0.4) is 0 Å². The van der Waals surface area contributed by atoms with Gasteiger partial charge >= 0.3 is 0 Å². The molecule has 2 rings (SSSR count). The molecule has 0 saturated carbocycles. The molecule has 0 aliphatic carbocycles. The molecule has 0 radical (unpaired) electrons. The Morgan fingerprint density at radius 2 is 1.89 bits per heavy atom. The van der Waals surface area contributed by atoms with Crippen LogP contribution in [0.1, 0.15) is 5.56 Å². The maximum Gasteiger partial charge on any atom is 0.136 e. The molecule has 1 aromatic carbocycles. The summed E-state index contributed by atoms with van der Waals surface area (Å²) in [6.45, 7) is 2.10. The first-order valence-electron chi connectivity index (χ1n) is 5.61. The van der Waals surface area contributed by atoms with E-state index < -0.39 is 0 Å². The SMILES string of the molecule is S=C(SCc1c(Cl)cccc1Cl)N1CCSCC1. The molecule has 98 valence electrons. The lowest BCUT2D eigenvalue weighted by Crippen LogP contribution is -2.35. The largest absolute Gasteiger partial charge is 0.356 e. The average molecular weight is 338 g/mol. The number of thioether (sulfide) groups is 2. The molecule has 18 heavy (non-hydrogen) atoms. The van der Waals surface area contributed by atoms with E-state index in [0.29, 0.717) is 10.0 Å². The fourth-order valence-electron chi connectivity index (χ4n) is 1.64. The summed E-state index contributed by atoms with van der Waals surface area (Å²) in [5.74, 6) is 3.06. The lowest BCUT2D eigenvalue weighted by atomic mass is 10.2. The Morgan fingerprint density at radius 3 is 2.50 bits per heavy atom. The Hall–Kier alpha value is 0.390. The summed E-state index contributed by atoms with van der Waals surface area (Å²) in [4.78, 5) is 2.27. The summed E-state index contributed by atoms with van der Waals surface area (Å²) in [6, 6.07) is 5.59. The maximum atomic E-state index is 6.14. The van der Waals surface area contributed by atoms with Gasteiger partial charge in [0.2, 0.25) is 0 Å². The number of halogens is 2. The van der Waals surface area contributed by atoms with Crippen molar-refractivity contribution in [3.05, 3.63) is 33.8 Å². The van der Waals surface area contributed by atoms with E-state index in [9.17, 15) is 0 Å². The molecule has 0 amide bonds. The van der Waals surface area contributed by atoms with Crippen molar-refractivity contribution in [2.24, 2.45) is 0 Å². The van der Waals surface area contributed by atoms with Crippen LogP contribution in [0.15, 0.2) is 18.2 Å². The van der Waals surface area contributed by atoms with Gasteiger partial charge in [0.15, 0.2) is 0 Å². The Morgan fingerprint density at radius 1 is 1.28 bits per heavy atom. The number of rotatable bonds is 2. The van der Waals surface area contributed by atoms with E-state index in [0.717, 1.165) is 40.2 Å². The van der Waals surface area contributed by atoms with Crippen molar-refractivity contribution in [1.29, 1.82) is 0 Å². The zero-order valence-corrected chi connectivity index (χ0v) is 13.7. The third-order valence-electron chi connectivity index (χ3n) is 2.67. The fraction of sp³-hybridized carbons (Fsp3) is 0.417. The second kappa shape index (κ2) is 7.25. The van der Waals surface area contributed by atoms with E-state index in [-0.39, 0.29) is 0 Å². The summed E-state index contributed by atoms with van der Waals surface area (Å²) >= 11 is 21.4. The molecule has 0 bridgehead atoms. The van der Waals surface area contributed by atoms with Crippen LogP contribution in [0.4, 0.5) is 0 Å². The predicted molar refractivity (Wildman–Crippen MR) is 89.3 cm³/mol. The number of nitrogens with zero attached hydrogens (tertiary/aromatic N) is 1. The Kier molecular flexibility index (Phi) is 5.96. The van der Waals surface area contributed by atoms with Crippen molar-refractivity contribution in [1.82, 2.24) is 4.90 Å². The van der Waals surface area contributed by atoms with Gasteiger partial charge < -0.3 is 4.90 Å². The monoisotopic (exact) mass is 337 g/mol. The Bertz CT molecular complexity index is 413. The summed E-state index contributed by atoms with van der Waals surface area (Å²) in [5.41, 5.74) is 0.972. The van der Waals surface area contributed by atoms with Gasteiger partial charge in [-0.05, 0) is 17.7 Å². The number of hydrogen-bond donors (Lipinski definition) is 0. The highest BCUT2D eigenvalue weighted by molar-refractivity contribution is 8.22. The summed E-state index contributed by atoms with van der Waals surface area (Å²) < 4.78 is 0.950. The number of hydrogen-bond acceptors (Lipinski definition) is 3.